The van der Waals surface area contributed by atoms with Crippen LogP contribution >= 0.6 is 11.6 Å². The van der Waals surface area contributed by atoms with Crippen molar-refractivity contribution in [2.45, 2.75) is 13.5 Å². The fourth-order valence-electron chi connectivity index (χ4n) is 2.91. The molecule has 0 saturated carbocycles. The number of nitrogens with zero attached hydrogens (tertiary/aromatic N) is 2. The van der Waals surface area contributed by atoms with E-state index in [1.807, 2.05) is 31.2 Å². The van der Waals surface area contributed by atoms with Crippen molar-refractivity contribution >= 4 is 28.9 Å². The number of aryl methyl sites for hydroxylation is 1. The molecule has 0 aliphatic rings. The third-order valence-corrected chi connectivity index (χ3v) is 4.86. The molecule has 0 spiro atoms. The Morgan fingerprint density at radius 2 is 1.84 bits per heavy atom. The molecule has 0 bridgehead atoms. The zero-order chi connectivity index (χ0) is 22.4. The van der Waals surface area contributed by atoms with Gasteiger partial charge in [0.15, 0.2) is 11.5 Å². The second-order valence-corrected chi connectivity index (χ2v) is 7.19. The van der Waals surface area contributed by atoms with E-state index < -0.39 is 4.92 Å². The molecule has 3 aromatic rings. The molecule has 0 amide bonds. The number of ether oxygens (including phenoxy) is 2. The molecule has 0 N–H and O–H groups in total. The number of rotatable bonds is 7. The Morgan fingerprint density at radius 1 is 1.16 bits per heavy atom. The van der Waals surface area contributed by atoms with E-state index in [1.165, 1.54) is 19.2 Å². The second kappa shape index (κ2) is 9.79. The molecule has 0 atom stereocenters. The summed E-state index contributed by atoms with van der Waals surface area (Å²) in [6.45, 7) is 2.15. The van der Waals surface area contributed by atoms with Crippen LogP contribution < -0.4 is 9.47 Å². The lowest BCUT2D eigenvalue weighted by Gasteiger charge is -2.13. The maximum atomic E-state index is 10.8. The van der Waals surface area contributed by atoms with Gasteiger partial charge < -0.3 is 9.47 Å². The highest BCUT2D eigenvalue weighted by molar-refractivity contribution is 6.32. The van der Waals surface area contributed by atoms with E-state index in [2.05, 4.69) is 6.07 Å². The third-order valence-electron chi connectivity index (χ3n) is 4.58. The SMILES string of the molecule is COc1cc(/C=C(/C#N)c2ccc(C)cc2)cc(Cl)c1OCc1ccc([N+](=O)[O-])cc1. The molecule has 0 aliphatic carbocycles. The van der Waals surface area contributed by atoms with Gasteiger partial charge in [-0.3, -0.25) is 10.1 Å². The number of benzene rings is 3. The highest BCUT2D eigenvalue weighted by Crippen LogP contribution is 2.38. The zero-order valence-electron chi connectivity index (χ0n) is 17.0. The summed E-state index contributed by atoms with van der Waals surface area (Å²) in [7, 11) is 1.50. The van der Waals surface area contributed by atoms with Crippen molar-refractivity contribution in [3.63, 3.8) is 0 Å². The van der Waals surface area contributed by atoms with E-state index in [1.54, 1.807) is 30.3 Å². The van der Waals surface area contributed by atoms with Gasteiger partial charge in [0.1, 0.15) is 6.61 Å². The highest BCUT2D eigenvalue weighted by Gasteiger charge is 2.13. The Morgan fingerprint density at radius 3 is 2.42 bits per heavy atom. The van der Waals surface area contributed by atoms with Gasteiger partial charge in [-0.25, -0.2) is 0 Å². The average molecular weight is 435 g/mol. The molecule has 6 nitrogen and oxygen atoms in total. The number of hydrogen-bond acceptors (Lipinski definition) is 5. The van der Waals surface area contributed by atoms with Crippen LogP contribution in [0.1, 0.15) is 22.3 Å². The van der Waals surface area contributed by atoms with Crippen molar-refractivity contribution in [2.75, 3.05) is 7.11 Å². The monoisotopic (exact) mass is 434 g/mol. The molecule has 0 radical (unpaired) electrons. The van der Waals surface area contributed by atoms with Crippen LogP contribution in [0.15, 0.2) is 60.7 Å². The number of non-ortho nitro benzene ring substituents is 1. The minimum Gasteiger partial charge on any atom is -0.493 e. The lowest BCUT2D eigenvalue weighted by Crippen LogP contribution is -1.99. The molecule has 0 aliphatic heterocycles. The number of allylic oxidation sites excluding steroid dienone is 1. The van der Waals surface area contributed by atoms with Crippen molar-refractivity contribution in [3.8, 4) is 17.6 Å². The standard InChI is InChI=1S/C24H19ClN2O4/c1-16-3-7-19(8-4-16)20(14-26)11-18-12-22(25)24(23(13-18)30-2)31-15-17-5-9-21(10-6-17)27(28)29/h3-13H,15H2,1-2H3/b20-11-. The summed E-state index contributed by atoms with van der Waals surface area (Å²) in [5, 5.41) is 20.7. The lowest BCUT2D eigenvalue weighted by atomic mass is 10.0. The first-order valence-electron chi connectivity index (χ1n) is 9.33. The Hall–Kier alpha value is -3.82. The first-order chi connectivity index (χ1) is 14.9. The number of nitro benzene ring substituents is 1. The molecule has 3 aromatic carbocycles. The summed E-state index contributed by atoms with van der Waals surface area (Å²) in [5.74, 6) is 0.773. The van der Waals surface area contributed by atoms with Gasteiger partial charge in [-0.05, 0) is 54.0 Å². The van der Waals surface area contributed by atoms with E-state index in [0.717, 1.165) is 16.7 Å². The van der Waals surface area contributed by atoms with E-state index in [0.29, 0.717) is 27.7 Å². The van der Waals surface area contributed by atoms with E-state index in [9.17, 15) is 15.4 Å². The van der Waals surface area contributed by atoms with Crippen LogP contribution in [0.2, 0.25) is 5.02 Å². The Kier molecular flexibility index (Phi) is 6.91. The maximum absolute atomic E-state index is 10.8. The number of nitro groups is 1. The van der Waals surface area contributed by atoms with Crippen molar-refractivity contribution in [1.29, 1.82) is 5.26 Å². The largest absolute Gasteiger partial charge is 0.493 e. The Labute approximate surface area is 185 Å². The quantitative estimate of drug-likeness (QED) is 0.191. The molecule has 156 valence electrons. The molecule has 0 heterocycles. The summed E-state index contributed by atoms with van der Waals surface area (Å²) >= 11 is 6.43. The second-order valence-electron chi connectivity index (χ2n) is 6.78. The molecule has 31 heavy (non-hydrogen) atoms. The van der Waals surface area contributed by atoms with Crippen molar-refractivity contribution in [3.05, 3.63) is 98.1 Å². The molecule has 0 saturated heterocycles. The molecule has 0 unspecified atom stereocenters. The topological polar surface area (TPSA) is 85.4 Å². The normalized spacial score (nSPS) is 11.0. The van der Waals surface area contributed by atoms with Gasteiger partial charge >= 0.3 is 0 Å². The van der Waals surface area contributed by atoms with Crippen LogP contribution in [0.4, 0.5) is 5.69 Å². The Bertz CT molecular complexity index is 1160. The number of hydrogen-bond donors (Lipinski definition) is 0. The van der Waals surface area contributed by atoms with E-state index >= 15 is 0 Å². The van der Waals surface area contributed by atoms with Gasteiger partial charge in [0.05, 0.1) is 28.7 Å². The van der Waals surface area contributed by atoms with Crippen LogP contribution in [-0.2, 0) is 6.61 Å². The van der Waals surface area contributed by atoms with E-state index in [4.69, 9.17) is 21.1 Å². The van der Waals surface area contributed by atoms with Crippen molar-refractivity contribution < 1.29 is 14.4 Å². The van der Waals surface area contributed by atoms with Crippen LogP contribution in [-0.4, -0.2) is 12.0 Å². The number of halogens is 1. The summed E-state index contributed by atoms with van der Waals surface area (Å²) < 4.78 is 11.2. The lowest BCUT2D eigenvalue weighted by molar-refractivity contribution is -0.384. The predicted molar refractivity (Wildman–Crippen MR) is 120 cm³/mol. The van der Waals surface area contributed by atoms with Crippen LogP contribution in [0, 0.1) is 28.4 Å². The van der Waals surface area contributed by atoms with Gasteiger partial charge in [-0.15, -0.1) is 0 Å². The van der Waals surface area contributed by atoms with Crippen molar-refractivity contribution in [2.24, 2.45) is 0 Å². The van der Waals surface area contributed by atoms with Crippen LogP contribution in [0.25, 0.3) is 11.6 Å². The van der Waals surface area contributed by atoms with E-state index in [-0.39, 0.29) is 12.3 Å². The number of methoxy groups -OCH3 is 1. The Balaban J connectivity index is 1.84. The van der Waals surface area contributed by atoms with Crippen LogP contribution in [0.3, 0.4) is 0 Å². The van der Waals surface area contributed by atoms with Gasteiger partial charge in [0, 0.05) is 12.1 Å². The molecule has 3 rings (SSSR count). The first kappa shape index (κ1) is 21.9. The zero-order valence-corrected chi connectivity index (χ0v) is 17.7. The summed E-state index contributed by atoms with van der Waals surface area (Å²) in [4.78, 5) is 10.3. The van der Waals surface area contributed by atoms with Crippen LogP contribution in [0.5, 0.6) is 11.5 Å². The van der Waals surface area contributed by atoms with Gasteiger partial charge in [-0.1, -0.05) is 41.4 Å². The maximum Gasteiger partial charge on any atom is 0.269 e. The summed E-state index contributed by atoms with van der Waals surface area (Å²) in [6.07, 6.45) is 1.74. The van der Waals surface area contributed by atoms with Gasteiger partial charge in [-0.2, -0.15) is 5.26 Å². The smallest absolute Gasteiger partial charge is 0.269 e. The molecular formula is C24H19ClN2O4. The van der Waals surface area contributed by atoms with Gasteiger partial charge in [0.25, 0.3) is 5.69 Å². The van der Waals surface area contributed by atoms with Gasteiger partial charge in [0.2, 0.25) is 0 Å². The minimum absolute atomic E-state index is 0.0115. The predicted octanol–water partition coefficient (Wildman–Crippen LogP) is 6.21. The summed E-state index contributed by atoms with van der Waals surface area (Å²) in [5.41, 5.74) is 3.87. The average Bonchev–Trinajstić information content (AvgIpc) is 2.77. The molecule has 0 aromatic heterocycles. The van der Waals surface area contributed by atoms with Crippen molar-refractivity contribution in [1.82, 2.24) is 0 Å². The molecule has 0 fully saturated rings. The fourth-order valence-corrected chi connectivity index (χ4v) is 3.19. The number of nitriles is 1. The molecular weight excluding hydrogens is 416 g/mol. The molecule has 7 heteroatoms. The third kappa shape index (κ3) is 5.41. The minimum atomic E-state index is -0.455. The summed E-state index contributed by atoms with van der Waals surface area (Å²) in [6, 6.07) is 19.4. The highest BCUT2D eigenvalue weighted by atomic mass is 35.5. The fraction of sp³-hybridized carbons (Fsp3) is 0.125. The first-order valence-corrected chi connectivity index (χ1v) is 9.71.